The van der Waals surface area contributed by atoms with Gasteiger partial charge in [0.25, 0.3) is 0 Å². The van der Waals surface area contributed by atoms with Crippen molar-refractivity contribution < 1.29 is 4.42 Å². The molecule has 0 spiro atoms. The molecule has 0 atom stereocenters. The first-order valence-electron chi connectivity index (χ1n) is 49.2. The summed E-state index contributed by atoms with van der Waals surface area (Å²) in [5.41, 5.74) is 29.6. The molecule has 0 saturated heterocycles. The Morgan fingerprint density at radius 1 is 0.149 bits per heavy atom. The Labute approximate surface area is 878 Å². The summed E-state index contributed by atoms with van der Waals surface area (Å²) in [5, 5.41) is 12.2. The van der Waals surface area contributed by atoms with Crippen molar-refractivity contribution in [2.75, 3.05) is 0 Å². The molecule has 0 amide bonds. The summed E-state index contributed by atoms with van der Waals surface area (Å²) in [6, 6.07) is 180. The Bertz CT molecular complexity index is 9510. The van der Waals surface area contributed by atoms with Crippen LogP contribution in [0.2, 0.25) is 0 Å². The van der Waals surface area contributed by atoms with Crippen molar-refractivity contribution in [1.29, 1.82) is 0 Å². The molecule has 10 nitrogen and oxygen atoms in total. The number of hydrogen-bond donors (Lipinski definition) is 0. The molecule has 13 heteroatoms. The molecule has 22 aromatic carbocycles. The van der Waals surface area contributed by atoms with Crippen molar-refractivity contribution in [3.8, 4) is 192 Å². The number of hydrogen-bond acceptors (Lipinski definition) is 10. The van der Waals surface area contributed by atoms with E-state index in [2.05, 4.69) is 378 Å². The number of rotatable bonds is 17. The second-order valence-corrected chi connectivity index (χ2v) is 40.4. The van der Waals surface area contributed by atoms with Gasteiger partial charge in [0.2, 0.25) is 0 Å². The van der Waals surface area contributed by atoms with Crippen LogP contribution in [0, 0.1) is 0 Å². The summed E-state index contributed by atoms with van der Waals surface area (Å²) < 4.78 is 11.1. The van der Waals surface area contributed by atoms with Crippen molar-refractivity contribution in [3.05, 3.63) is 516 Å². The van der Waals surface area contributed by atoms with Crippen LogP contribution in [0.3, 0.4) is 0 Å². The molecule has 0 aliphatic rings. The van der Waals surface area contributed by atoms with Gasteiger partial charge in [-0.3, -0.25) is 0 Å². The minimum atomic E-state index is 0.0451. The summed E-state index contributed by atoms with van der Waals surface area (Å²) in [7, 11) is 0. The zero-order valence-corrected chi connectivity index (χ0v) is 85.3. The van der Waals surface area contributed by atoms with E-state index in [9.17, 15) is 0 Å². The van der Waals surface area contributed by atoms with E-state index in [0.717, 1.165) is 109 Å². The van der Waals surface area contributed by atoms with E-state index in [-0.39, 0.29) is 14.5 Å². The van der Waals surface area contributed by atoms with E-state index in [4.69, 9.17) is 49.3 Å². The Morgan fingerprint density at radius 3 is 0.838 bits per heavy atom. The molecular weight excluding hydrogens is 2000 g/mol. The predicted octanol–water partition coefficient (Wildman–Crippen LogP) is 31.7. The summed E-state index contributed by atoms with van der Waals surface area (Å²) in [6.45, 7) is 0. The SMILES string of the molecule is [SeH]c1c(-c2cccc(-c3ccc4cc(-c5ccccc5)ccc4c3)c2)cccc1-c1nc(-c2ccccc2)nc(-c2ccccc2)n1.[SeH]c1c(-c2cccc(-c3cccc4c(-c5cccc6oc7ccccc7c56)cccc34)c2)cccc1-c1nc(-c2ccccc2)nc(-c2ccccc2)n1.c1ccc(-c2nc(-c3ccccc3)nc(-c3cccc4c3[se]c3c(-c5cccc6c(-c7ccccc7)cccc56)cccc34)n2)cc1. The Balaban J connectivity index is 0.000000116. The average molecular weight is 2090 g/mol. The van der Waals surface area contributed by atoms with Crippen LogP contribution in [0.5, 0.6) is 0 Å². The van der Waals surface area contributed by atoms with E-state index >= 15 is 0 Å². The monoisotopic (exact) mass is 2090 g/mol. The summed E-state index contributed by atoms with van der Waals surface area (Å²) in [4.78, 5) is 44.9. The third-order valence-corrected chi connectivity index (χ3v) is 32.0. The molecule has 5 heterocycles. The summed E-state index contributed by atoms with van der Waals surface area (Å²) in [6.07, 6.45) is 0. The van der Waals surface area contributed by atoms with Crippen LogP contribution in [-0.2, 0) is 0 Å². The maximum absolute atomic E-state index is 6.26. The Morgan fingerprint density at radius 2 is 0.399 bits per heavy atom. The van der Waals surface area contributed by atoms with E-state index < -0.39 is 0 Å². The number of nitrogens with zero attached hydrogens (tertiary/aromatic N) is 9. The van der Waals surface area contributed by atoms with Gasteiger partial charge in [-0.2, -0.15) is 0 Å². The van der Waals surface area contributed by atoms with Crippen LogP contribution in [0.1, 0.15) is 0 Å². The number of aromatic nitrogens is 9. The molecule has 0 bridgehead atoms. The van der Waals surface area contributed by atoms with Crippen molar-refractivity contribution in [1.82, 2.24) is 44.9 Å². The van der Waals surface area contributed by atoms with Gasteiger partial charge in [-0.25, -0.2) is 0 Å². The van der Waals surface area contributed by atoms with Crippen LogP contribution >= 0.6 is 0 Å². The molecule has 696 valence electrons. The molecule has 27 aromatic rings. The van der Waals surface area contributed by atoms with E-state index in [1.165, 1.54) is 113 Å². The van der Waals surface area contributed by atoms with E-state index in [0.29, 0.717) is 52.4 Å². The Kier molecular flexibility index (Phi) is 25.1. The Hall–Kier alpha value is -18.0. The van der Waals surface area contributed by atoms with Crippen molar-refractivity contribution in [3.63, 3.8) is 0 Å². The van der Waals surface area contributed by atoms with Gasteiger partial charge < -0.3 is 4.42 Å². The molecule has 0 aliphatic heterocycles. The molecule has 0 fully saturated rings. The fourth-order valence-corrected chi connectivity index (χ4v) is 24.5. The first kappa shape index (κ1) is 91.2. The van der Waals surface area contributed by atoms with Crippen LogP contribution in [-0.4, -0.2) is 91.4 Å². The quantitative estimate of drug-likeness (QED) is 0.0813. The summed E-state index contributed by atoms with van der Waals surface area (Å²) in [5.74, 6) is 5.96. The van der Waals surface area contributed by atoms with Crippen molar-refractivity contribution >= 4 is 129 Å². The van der Waals surface area contributed by atoms with Gasteiger partial charge in [-0.1, -0.05) is 48.5 Å². The van der Waals surface area contributed by atoms with Crippen LogP contribution in [0.4, 0.5) is 0 Å². The molecular formula is C135H87N9OSe3. The van der Waals surface area contributed by atoms with Gasteiger partial charge in [0.1, 0.15) is 5.58 Å². The van der Waals surface area contributed by atoms with Gasteiger partial charge in [0.05, 0.1) is 0 Å². The predicted molar refractivity (Wildman–Crippen MR) is 617 cm³/mol. The molecule has 0 saturated carbocycles. The third kappa shape index (κ3) is 18.2. The van der Waals surface area contributed by atoms with E-state index in [1.807, 2.05) is 170 Å². The van der Waals surface area contributed by atoms with Crippen molar-refractivity contribution in [2.45, 2.75) is 0 Å². The molecule has 0 N–H and O–H groups in total. The normalized spacial score (nSPS) is 11.3. The van der Waals surface area contributed by atoms with E-state index in [1.54, 1.807) is 0 Å². The van der Waals surface area contributed by atoms with Crippen LogP contribution < -0.4 is 8.92 Å². The second kappa shape index (κ2) is 40.7. The van der Waals surface area contributed by atoms with Crippen LogP contribution in [0.15, 0.2) is 520 Å². The minimum absolute atomic E-state index is 0.0451. The van der Waals surface area contributed by atoms with Crippen molar-refractivity contribution in [2.24, 2.45) is 0 Å². The number of furan rings is 1. The van der Waals surface area contributed by atoms with Gasteiger partial charge in [0, 0.05) is 0 Å². The molecule has 27 rings (SSSR count). The van der Waals surface area contributed by atoms with Crippen LogP contribution in [0.25, 0.3) is 265 Å². The molecule has 0 unspecified atom stereocenters. The first-order valence-corrected chi connectivity index (χ1v) is 52.8. The zero-order valence-electron chi connectivity index (χ0n) is 79.8. The average Bonchev–Trinajstić information content (AvgIpc) is 1.58. The first-order chi connectivity index (χ1) is 73.2. The van der Waals surface area contributed by atoms with Gasteiger partial charge in [0.15, 0.2) is 0 Å². The van der Waals surface area contributed by atoms with Gasteiger partial charge >= 0.3 is 815 Å². The fourth-order valence-electron chi connectivity index (χ4n) is 20.1. The zero-order chi connectivity index (χ0) is 98.7. The third-order valence-electron chi connectivity index (χ3n) is 27.3. The summed E-state index contributed by atoms with van der Waals surface area (Å²) >= 11 is 5.58. The maximum atomic E-state index is 6.26. The fraction of sp³-hybridized carbons (Fsp3) is 0. The molecule has 0 radical (unpaired) electrons. The molecule has 5 aromatic heterocycles. The van der Waals surface area contributed by atoms with Gasteiger partial charge in [-0.05, 0) is 12.1 Å². The number of fused-ring (bicyclic) bond motifs is 9. The number of benzene rings is 22. The second-order valence-electron chi connectivity index (χ2n) is 36.3. The topological polar surface area (TPSA) is 129 Å². The number of para-hydroxylation sites is 1. The standard InChI is InChI=1S/C49H31N3OSe.C43H27N3Se.C43H29N3Se/c54-46-36(22-11-27-42(46)49-51-47(31-14-3-1-4-15-31)50-48(52-49)32-16-5-2-6-17-32)34-19-9-18-33(30-34)35-21-10-24-38-37(35)23-12-25-39(38)40-26-13-29-44-45(40)41-20-7-8-28-43(41)53-44;1-4-14-28(15-5-1)31-20-10-22-33-32(31)21-11-23-34(33)35-24-12-25-36-37-26-13-27-38(40(37)47-39(35)36)43-45-41(29-16-6-2-7-17-29)44-42(46-43)30-18-8-3-9-19-30;47-40-38(20-11-21-39(40)43-45-41(30-14-6-2-7-15-30)44-42(46-43)31-16-8-3-9-17-31)37-19-10-18-32(28-37)34-24-25-35-26-33(22-23-36(35)27-34)29-12-4-1-5-13-29/h1-30,54H;1-27H;1-28,47H. The molecule has 148 heavy (non-hydrogen) atoms. The van der Waals surface area contributed by atoms with Gasteiger partial charge in [-0.15, -0.1) is 0 Å². The molecule has 0 aliphatic carbocycles.